The number of nitrogens with zero attached hydrogens (tertiary/aromatic N) is 1. The first-order valence-electron chi connectivity index (χ1n) is 5.23. The van der Waals surface area contributed by atoms with E-state index in [-0.39, 0.29) is 11.3 Å². The van der Waals surface area contributed by atoms with E-state index in [1.54, 1.807) is 12.1 Å². The number of primary amides is 1. The first-order valence-corrected chi connectivity index (χ1v) is 5.23. The molecule has 0 saturated carbocycles. The smallest absolute Gasteiger partial charge is 0.248 e. The number of hydrogen-bond donors (Lipinski definition) is 3. The number of phenolic OH excluding ortho intramolecular Hbond substituents is 1. The molecular formula is C13H12FN3O2. The number of aromatic hydroxyl groups is 1. The SMILES string of the molecule is N=Cc1cc(F)ccc1O.NC(=O)c1ccncc1. The Morgan fingerprint density at radius 3 is 2.37 bits per heavy atom. The van der Waals surface area contributed by atoms with Crippen molar-refractivity contribution in [3.8, 4) is 5.75 Å². The van der Waals surface area contributed by atoms with Crippen molar-refractivity contribution < 1.29 is 14.3 Å². The highest BCUT2D eigenvalue weighted by molar-refractivity contribution is 5.92. The largest absolute Gasteiger partial charge is 0.507 e. The molecule has 0 spiro atoms. The average molecular weight is 261 g/mol. The summed E-state index contributed by atoms with van der Waals surface area (Å²) in [5.74, 6) is -0.940. The Bertz CT molecular complexity index is 573. The number of hydrogen-bond acceptors (Lipinski definition) is 4. The van der Waals surface area contributed by atoms with Crippen LogP contribution >= 0.6 is 0 Å². The molecule has 1 aromatic heterocycles. The molecule has 1 heterocycles. The summed E-state index contributed by atoms with van der Waals surface area (Å²) >= 11 is 0. The highest BCUT2D eigenvalue weighted by Gasteiger charge is 1.97. The van der Waals surface area contributed by atoms with Gasteiger partial charge < -0.3 is 16.2 Å². The molecule has 0 aliphatic heterocycles. The Balaban J connectivity index is 0.000000191. The third-order valence-electron chi connectivity index (χ3n) is 2.11. The van der Waals surface area contributed by atoms with Gasteiger partial charge in [-0.15, -0.1) is 0 Å². The number of nitrogens with one attached hydrogen (secondary N) is 1. The summed E-state index contributed by atoms with van der Waals surface area (Å²) in [5.41, 5.74) is 5.63. The predicted octanol–water partition coefficient (Wildman–Crippen LogP) is 1.71. The number of nitrogens with two attached hydrogens (primary N) is 1. The van der Waals surface area contributed by atoms with E-state index in [1.807, 2.05) is 0 Å². The molecule has 0 radical (unpaired) electrons. The Morgan fingerprint density at radius 2 is 1.95 bits per heavy atom. The van der Waals surface area contributed by atoms with Gasteiger partial charge in [0.1, 0.15) is 11.6 Å². The lowest BCUT2D eigenvalue weighted by Crippen LogP contribution is -2.10. The number of rotatable bonds is 2. The summed E-state index contributed by atoms with van der Waals surface area (Å²) in [7, 11) is 0. The Kier molecular flexibility index (Phi) is 5.16. The molecule has 0 bridgehead atoms. The summed E-state index contributed by atoms with van der Waals surface area (Å²) in [4.78, 5) is 14.1. The molecule has 5 nitrogen and oxygen atoms in total. The molecule has 1 amide bonds. The minimum atomic E-state index is -0.448. The van der Waals surface area contributed by atoms with Crippen molar-refractivity contribution in [3.63, 3.8) is 0 Å². The molecule has 0 aliphatic carbocycles. The van der Waals surface area contributed by atoms with E-state index in [9.17, 15) is 9.18 Å². The molecule has 0 saturated heterocycles. The highest BCUT2D eigenvalue weighted by Crippen LogP contribution is 2.14. The van der Waals surface area contributed by atoms with Crippen LogP contribution < -0.4 is 5.73 Å². The third kappa shape index (κ3) is 4.55. The van der Waals surface area contributed by atoms with E-state index >= 15 is 0 Å². The molecule has 0 atom stereocenters. The second kappa shape index (κ2) is 6.85. The lowest BCUT2D eigenvalue weighted by molar-refractivity contribution is 0.1000. The van der Waals surface area contributed by atoms with Crippen molar-refractivity contribution in [2.45, 2.75) is 0 Å². The van der Waals surface area contributed by atoms with Crippen LogP contribution in [0.4, 0.5) is 4.39 Å². The molecule has 98 valence electrons. The van der Waals surface area contributed by atoms with Gasteiger partial charge >= 0.3 is 0 Å². The molecule has 0 fully saturated rings. The molecule has 19 heavy (non-hydrogen) atoms. The number of pyridine rings is 1. The van der Waals surface area contributed by atoms with Gasteiger partial charge in [0.25, 0.3) is 0 Å². The number of carbonyl (C=O) groups excluding carboxylic acids is 1. The topological polar surface area (TPSA) is 100 Å². The van der Waals surface area contributed by atoms with Crippen molar-refractivity contribution in [3.05, 3.63) is 59.7 Å². The van der Waals surface area contributed by atoms with Gasteiger partial charge in [-0.25, -0.2) is 4.39 Å². The maximum Gasteiger partial charge on any atom is 0.248 e. The van der Waals surface area contributed by atoms with Crippen LogP contribution in [-0.2, 0) is 0 Å². The Hall–Kier alpha value is -2.76. The number of aromatic nitrogens is 1. The van der Waals surface area contributed by atoms with Crippen LogP contribution in [0.1, 0.15) is 15.9 Å². The van der Waals surface area contributed by atoms with Crippen LogP contribution in [0.3, 0.4) is 0 Å². The minimum Gasteiger partial charge on any atom is -0.507 e. The van der Waals surface area contributed by atoms with Crippen LogP contribution in [0.25, 0.3) is 0 Å². The first-order chi connectivity index (χ1) is 9.04. The zero-order chi connectivity index (χ0) is 14.3. The van der Waals surface area contributed by atoms with E-state index in [1.165, 1.54) is 18.5 Å². The first kappa shape index (κ1) is 14.3. The third-order valence-corrected chi connectivity index (χ3v) is 2.11. The number of phenols is 1. The maximum atomic E-state index is 12.3. The normalized spacial score (nSPS) is 9.11. The second-order valence-electron chi connectivity index (χ2n) is 3.45. The number of halogens is 1. The maximum absolute atomic E-state index is 12.3. The fourth-order valence-electron chi connectivity index (χ4n) is 1.16. The van der Waals surface area contributed by atoms with Gasteiger partial charge in [0.2, 0.25) is 5.91 Å². The van der Waals surface area contributed by atoms with Gasteiger partial charge in [-0.2, -0.15) is 0 Å². The quantitative estimate of drug-likeness (QED) is 0.717. The van der Waals surface area contributed by atoms with Crippen molar-refractivity contribution in [1.29, 1.82) is 5.41 Å². The summed E-state index contributed by atoms with van der Waals surface area (Å²) in [5, 5.41) is 15.6. The van der Waals surface area contributed by atoms with Crippen molar-refractivity contribution in [2.24, 2.45) is 5.73 Å². The Morgan fingerprint density at radius 1 is 1.32 bits per heavy atom. The van der Waals surface area contributed by atoms with E-state index in [0.717, 1.165) is 18.3 Å². The van der Waals surface area contributed by atoms with Gasteiger partial charge in [-0.05, 0) is 30.3 Å². The van der Waals surface area contributed by atoms with Crippen molar-refractivity contribution >= 4 is 12.1 Å². The van der Waals surface area contributed by atoms with E-state index < -0.39 is 11.7 Å². The number of carbonyl (C=O) groups is 1. The highest BCUT2D eigenvalue weighted by atomic mass is 19.1. The van der Waals surface area contributed by atoms with Crippen LogP contribution in [0.15, 0.2) is 42.7 Å². The summed E-state index contributed by atoms with van der Waals surface area (Å²) in [6.07, 6.45) is 3.96. The lowest BCUT2D eigenvalue weighted by Gasteiger charge is -1.95. The molecular weight excluding hydrogens is 249 g/mol. The van der Waals surface area contributed by atoms with Crippen LogP contribution in [0, 0.1) is 11.2 Å². The number of amides is 1. The van der Waals surface area contributed by atoms with Crippen LogP contribution in [-0.4, -0.2) is 22.2 Å². The molecule has 6 heteroatoms. The molecule has 2 rings (SSSR count). The average Bonchev–Trinajstić information content (AvgIpc) is 2.43. The Labute approximate surface area is 109 Å². The monoisotopic (exact) mass is 261 g/mol. The van der Waals surface area contributed by atoms with Gasteiger partial charge in [-0.3, -0.25) is 9.78 Å². The predicted molar refractivity (Wildman–Crippen MR) is 68.7 cm³/mol. The number of benzene rings is 1. The van der Waals surface area contributed by atoms with Gasteiger partial charge in [0.15, 0.2) is 0 Å². The van der Waals surface area contributed by atoms with Crippen molar-refractivity contribution in [2.75, 3.05) is 0 Å². The molecule has 4 N–H and O–H groups in total. The molecule has 0 unspecified atom stereocenters. The van der Waals surface area contributed by atoms with E-state index in [2.05, 4.69) is 4.98 Å². The fourth-order valence-corrected chi connectivity index (χ4v) is 1.16. The van der Waals surface area contributed by atoms with Crippen molar-refractivity contribution in [1.82, 2.24) is 4.98 Å². The zero-order valence-corrected chi connectivity index (χ0v) is 9.88. The van der Waals surface area contributed by atoms with Crippen LogP contribution in [0.5, 0.6) is 5.75 Å². The van der Waals surface area contributed by atoms with Gasteiger partial charge in [0.05, 0.1) is 0 Å². The minimum absolute atomic E-state index is 0.0728. The molecule has 0 aliphatic rings. The van der Waals surface area contributed by atoms with E-state index in [4.69, 9.17) is 16.2 Å². The lowest BCUT2D eigenvalue weighted by atomic mass is 10.2. The molecule has 1 aromatic carbocycles. The fraction of sp³-hybridized carbons (Fsp3) is 0. The van der Waals surface area contributed by atoms with Crippen LogP contribution in [0.2, 0.25) is 0 Å². The molecule has 2 aromatic rings. The summed E-state index contributed by atoms with van der Waals surface area (Å²) < 4.78 is 12.3. The van der Waals surface area contributed by atoms with E-state index in [0.29, 0.717) is 5.56 Å². The standard InChI is InChI=1S/C7H6FNO.C6H6N2O/c8-6-1-2-7(10)5(3-6)4-9;7-6(9)5-1-3-8-4-2-5/h1-4,9-10H;1-4H,(H2,7,9). The summed E-state index contributed by atoms with van der Waals surface area (Å²) in [6, 6.07) is 6.60. The zero-order valence-electron chi connectivity index (χ0n) is 9.88. The van der Waals surface area contributed by atoms with Gasteiger partial charge in [0, 0.05) is 29.7 Å². The summed E-state index contributed by atoms with van der Waals surface area (Å²) in [6.45, 7) is 0. The second-order valence-corrected chi connectivity index (χ2v) is 3.45. The van der Waals surface area contributed by atoms with Gasteiger partial charge in [-0.1, -0.05) is 0 Å².